The molecular formula is C85H52N8. The van der Waals surface area contributed by atoms with E-state index in [1.165, 1.54) is 21.8 Å². The minimum Gasteiger partial charge on any atom is -0.309 e. The molecule has 93 heavy (non-hydrogen) atoms. The molecule has 7 heterocycles. The number of aromatic nitrogens is 8. The van der Waals surface area contributed by atoms with Crippen LogP contribution in [0.3, 0.4) is 0 Å². The first-order valence-electron chi connectivity index (χ1n) is 31.9. The first-order valence-corrected chi connectivity index (χ1v) is 31.9. The number of hydrogen-bond donors (Lipinski definition) is 0. The summed E-state index contributed by atoms with van der Waals surface area (Å²) in [7, 11) is 0. The highest BCUT2D eigenvalue weighted by molar-refractivity contribution is 6.19. The van der Waals surface area contributed by atoms with Gasteiger partial charge in [0.05, 0.1) is 111 Å². The Morgan fingerprint density at radius 1 is 0.172 bits per heavy atom. The number of imidazole rings is 1. The lowest BCUT2D eigenvalue weighted by molar-refractivity contribution is 0.957. The molecule has 0 amide bonds. The quantitative estimate of drug-likeness (QED) is 0.157. The molecule has 0 radical (unpaired) electrons. The fourth-order valence-electron chi connectivity index (χ4n) is 16.3. The van der Waals surface area contributed by atoms with E-state index < -0.39 is 0 Å². The first-order chi connectivity index (χ1) is 46.2. The van der Waals surface area contributed by atoms with Gasteiger partial charge in [0.2, 0.25) is 0 Å². The molecule has 21 rings (SSSR count). The van der Waals surface area contributed by atoms with Gasteiger partial charge in [0.25, 0.3) is 0 Å². The number of hydrogen-bond acceptors (Lipinski definition) is 1. The number of nitrogens with zero attached hydrogens (tertiary/aromatic N) is 8. The molecule has 21 aromatic rings. The summed E-state index contributed by atoms with van der Waals surface area (Å²) in [6.07, 6.45) is 2.08. The van der Waals surface area contributed by atoms with E-state index in [1.807, 2.05) is 0 Å². The van der Waals surface area contributed by atoms with Crippen LogP contribution in [0.2, 0.25) is 0 Å². The van der Waals surface area contributed by atoms with Crippen LogP contribution in [0.25, 0.3) is 182 Å². The van der Waals surface area contributed by atoms with E-state index in [2.05, 4.69) is 348 Å². The lowest BCUT2D eigenvalue weighted by atomic mass is 10.0. The molecular weight excluding hydrogens is 1130 g/mol. The van der Waals surface area contributed by atoms with Gasteiger partial charge in [-0.15, -0.1) is 0 Å². The van der Waals surface area contributed by atoms with E-state index in [-0.39, 0.29) is 0 Å². The van der Waals surface area contributed by atoms with Gasteiger partial charge < -0.3 is 27.4 Å². The van der Waals surface area contributed by atoms with Crippen LogP contribution in [-0.4, -0.2) is 37.0 Å². The van der Waals surface area contributed by atoms with Crippen molar-refractivity contribution in [2.45, 2.75) is 0 Å². The standard InChI is InChI=1S/C85H52N8/c1-13-37-67-54(25-1)55-26-2-14-38-68(55)88(67)53-49-50-78-65(51-53)64-35-11-23-47-77(64)93(78)85-83(91-73-43-19-7-31-60(73)61-32-8-20-44-74(61)91)81(89-69-39-15-3-27-56(69)57-28-4-16-40-70(57)89)80(87-52-86-66-36-12-24-48-79(66)87)82(90-71-41-17-5-29-58(71)59-30-6-18-42-72(59)90)84(85)92-75-45-21-9-33-62(75)63-34-10-22-46-76(63)92/h1-52H. The van der Waals surface area contributed by atoms with E-state index >= 15 is 0 Å². The van der Waals surface area contributed by atoms with Crippen molar-refractivity contribution < 1.29 is 0 Å². The fourth-order valence-corrected chi connectivity index (χ4v) is 16.3. The molecule has 0 unspecified atom stereocenters. The normalized spacial score (nSPS) is 12.3. The van der Waals surface area contributed by atoms with Crippen molar-refractivity contribution in [2.75, 3.05) is 0 Å². The Kier molecular flexibility index (Phi) is 10.2. The maximum Gasteiger partial charge on any atom is 0.101 e. The van der Waals surface area contributed by atoms with Gasteiger partial charge in [-0.05, 0) is 97.1 Å². The average Bonchev–Trinajstić information content (AvgIpc) is 1.58. The molecule has 0 aliphatic heterocycles. The zero-order chi connectivity index (χ0) is 60.6. The molecule has 0 bridgehead atoms. The molecule has 0 fully saturated rings. The summed E-state index contributed by atoms with van der Waals surface area (Å²) < 4.78 is 17.9. The Morgan fingerprint density at radius 3 is 0.677 bits per heavy atom. The largest absolute Gasteiger partial charge is 0.309 e. The first kappa shape index (κ1) is 50.2. The molecule has 0 aliphatic carbocycles. The minimum atomic E-state index is 0.890. The monoisotopic (exact) mass is 1180 g/mol. The summed E-state index contributed by atoms with van der Waals surface area (Å²) in [5.74, 6) is 0. The van der Waals surface area contributed by atoms with Gasteiger partial charge >= 0.3 is 0 Å². The highest BCUT2D eigenvalue weighted by Gasteiger charge is 2.37. The van der Waals surface area contributed by atoms with Gasteiger partial charge in [-0.1, -0.05) is 212 Å². The lowest BCUT2D eigenvalue weighted by Crippen LogP contribution is -2.20. The minimum absolute atomic E-state index is 0.890. The third-order valence-electron chi connectivity index (χ3n) is 20.0. The van der Waals surface area contributed by atoms with Crippen molar-refractivity contribution in [2.24, 2.45) is 0 Å². The van der Waals surface area contributed by atoms with E-state index in [0.717, 1.165) is 160 Å². The molecule has 14 aromatic carbocycles. The third kappa shape index (κ3) is 6.74. The molecule has 0 atom stereocenters. The van der Waals surface area contributed by atoms with E-state index in [4.69, 9.17) is 4.98 Å². The van der Waals surface area contributed by atoms with Crippen molar-refractivity contribution in [1.82, 2.24) is 37.0 Å². The van der Waals surface area contributed by atoms with Crippen molar-refractivity contribution in [3.8, 4) is 39.8 Å². The number of fused-ring (bicyclic) bond motifs is 19. The van der Waals surface area contributed by atoms with Crippen LogP contribution in [0, 0.1) is 0 Å². The van der Waals surface area contributed by atoms with Crippen LogP contribution in [0.1, 0.15) is 0 Å². The molecule has 0 aliphatic rings. The second kappa shape index (κ2) is 18.9. The van der Waals surface area contributed by atoms with Crippen molar-refractivity contribution in [3.63, 3.8) is 0 Å². The summed E-state index contributed by atoms with van der Waals surface area (Å²) in [5.41, 5.74) is 21.9. The highest BCUT2D eigenvalue weighted by Crippen LogP contribution is 2.54. The molecule has 8 heteroatoms. The Hall–Kier alpha value is -12.7. The Labute approximate surface area is 531 Å². The molecule has 8 nitrogen and oxygen atoms in total. The van der Waals surface area contributed by atoms with Crippen LogP contribution in [0.5, 0.6) is 0 Å². The van der Waals surface area contributed by atoms with Crippen LogP contribution >= 0.6 is 0 Å². The highest BCUT2D eigenvalue weighted by atomic mass is 15.2. The van der Waals surface area contributed by atoms with Gasteiger partial charge in [-0.25, -0.2) is 4.98 Å². The van der Waals surface area contributed by atoms with Gasteiger partial charge in [-0.2, -0.15) is 0 Å². The fraction of sp³-hybridized carbons (Fsp3) is 0. The summed E-state index contributed by atoms with van der Waals surface area (Å²) >= 11 is 0. The van der Waals surface area contributed by atoms with E-state index in [9.17, 15) is 0 Å². The van der Waals surface area contributed by atoms with Crippen molar-refractivity contribution in [3.05, 3.63) is 316 Å². The summed E-state index contributed by atoms with van der Waals surface area (Å²) in [6.45, 7) is 0. The maximum absolute atomic E-state index is 5.42. The molecule has 0 saturated heterocycles. The van der Waals surface area contributed by atoms with E-state index in [0.29, 0.717) is 0 Å². The smallest absolute Gasteiger partial charge is 0.101 e. The number of rotatable bonds is 7. The molecule has 0 saturated carbocycles. The molecule has 0 spiro atoms. The third-order valence-corrected chi connectivity index (χ3v) is 20.0. The van der Waals surface area contributed by atoms with Crippen LogP contribution in [0.15, 0.2) is 316 Å². The van der Waals surface area contributed by atoms with E-state index in [1.54, 1.807) is 0 Å². The van der Waals surface area contributed by atoms with Crippen molar-refractivity contribution in [1.29, 1.82) is 0 Å². The summed E-state index contributed by atoms with van der Waals surface area (Å²) in [5, 5.41) is 14.0. The second-order valence-electron chi connectivity index (χ2n) is 24.6. The van der Waals surface area contributed by atoms with Crippen LogP contribution in [-0.2, 0) is 0 Å². The second-order valence-corrected chi connectivity index (χ2v) is 24.6. The molecule has 7 aromatic heterocycles. The Bertz CT molecular complexity index is 6250. The summed E-state index contributed by atoms with van der Waals surface area (Å²) in [4.78, 5) is 5.42. The van der Waals surface area contributed by atoms with Crippen LogP contribution < -0.4 is 0 Å². The Balaban J connectivity index is 1.11. The zero-order valence-electron chi connectivity index (χ0n) is 50.1. The molecule has 432 valence electrons. The summed E-state index contributed by atoms with van der Waals surface area (Å²) in [6, 6.07) is 115. The number of para-hydroxylation sites is 13. The van der Waals surface area contributed by atoms with Gasteiger partial charge in [0, 0.05) is 70.3 Å². The predicted octanol–water partition coefficient (Wildman–Crippen LogP) is 21.6. The maximum atomic E-state index is 5.42. The van der Waals surface area contributed by atoms with Gasteiger partial charge in [-0.3, -0.25) is 4.57 Å². The van der Waals surface area contributed by atoms with Crippen molar-refractivity contribution >= 4 is 142 Å². The van der Waals surface area contributed by atoms with Crippen LogP contribution in [0.4, 0.5) is 0 Å². The van der Waals surface area contributed by atoms with Gasteiger partial charge in [0.15, 0.2) is 0 Å². The Morgan fingerprint density at radius 2 is 0.387 bits per heavy atom. The zero-order valence-corrected chi connectivity index (χ0v) is 50.1. The molecule has 0 N–H and O–H groups in total. The lowest BCUT2D eigenvalue weighted by Gasteiger charge is -2.32. The average molecular weight is 1190 g/mol. The topological polar surface area (TPSA) is 47.4 Å². The number of benzene rings is 14. The SMILES string of the molecule is c1ccc2c(c1)ncn2-c1c(-n2c3ccccc3c3ccccc32)c(-n2c3ccccc3c3ccccc32)c(-n2c3ccccc3c3cc(-n4c5ccccc5c5ccccc54)ccc32)c(-n2c3ccccc3c3ccccc32)c1-n1c2ccccc2c2ccccc21. The predicted molar refractivity (Wildman–Crippen MR) is 387 cm³/mol. The van der Waals surface area contributed by atoms with Gasteiger partial charge in [0.1, 0.15) is 6.33 Å².